The predicted molar refractivity (Wildman–Crippen MR) is 97.1 cm³/mol. The first kappa shape index (κ1) is 18.0. The highest BCUT2D eigenvalue weighted by molar-refractivity contribution is 5.92. The summed E-state index contributed by atoms with van der Waals surface area (Å²) >= 11 is 0. The molecule has 4 heteroatoms. The normalized spacial score (nSPS) is 13.2. The van der Waals surface area contributed by atoms with Crippen LogP contribution in [0.15, 0.2) is 60.6 Å². The summed E-state index contributed by atoms with van der Waals surface area (Å²) in [6.45, 7) is 14.3. The van der Waals surface area contributed by atoms with E-state index in [0.717, 1.165) is 18.8 Å². The summed E-state index contributed by atoms with van der Waals surface area (Å²) in [6, 6.07) is 10.1. The van der Waals surface area contributed by atoms with Gasteiger partial charge in [0.1, 0.15) is 0 Å². The maximum Gasteiger partial charge on any atom is 0.193 e. The first-order valence-electron chi connectivity index (χ1n) is 7.66. The fourth-order valence-electron chi connectivity index (χ4n) is 2.33. The van der Waals surface area contributed by atoms with Crippen LogP contribution in [-0.4, -0.2) is 36.5 Å². The number of nitrogens with two attached hydrogens (primary N) is 1. The van der Waals surface area contributed by atoms with Gasteiger partial charge < -0.3 is 11.1 Å². The minimum Gasteiger partial charge on any atom is -0.370 e. The number of nitrogens with zero attached hydrogens (tertiary/aromatic N) is 2. The Morgan fingerprint density at radius 3 is 2.32 bits per heavy atom. The molecular weight excluding hydrogens is 272 g/mol. The van der Waals surface area contributed by atoms with E-state index in [2.05, 4.69) is 42.2 Å². The average Bonchev–Trinajstić information content (AvgIpc) is 2.48. The van der Waals surface area contributed by atoms with Crippen molar-refractivity contribution in [2.24, 2.45) is 16.6 Å². The van der Waals surface area contributed by atoms with Crippen LogP contribution in [0.4, 0.5) is 5.69 Å². The maximum absolute atomic E-state index is 5.98. The zero-order valence-corrected chi connectivity index (χ0v) is 13.7. The number of benzene rings is 1. The zero-order chi connectivity index (χ0) is 16.4. The quantitative estimate of drug-likeness (QED) is 0.418. The second-order valence-electron chi connectivity index (χ2n) is 5.56. The molecule has 0 saturated carbocycles. The summed E-state index contributed by atoms with van der Waals surface area (Å²) in [5.41, 5.74) is 6.93. The molecule has 22 heavy (non-hydrogen) atoms. The number of hydrogen-bond donors (Lipinski definition) is 2. The Bertz CT molecular complexity index is 469. The second kappa shape index (κ2) is 9.79. The van der Waals surface area contributed by atoms with Crippen molar-refractivity contribution in [3.8, 4) is 0 Å². The van der Waals surface area contributed by atoms with Crippen LogP contribution in [0.25, 0.3) is 0 Å². The molecule has 1 aromatic rings. The SMILES string of the molecule is C=CCN(CC=C)C(CN=C(N)Nc1ccccc1)C(C)C. The highest BCUT2D eigenvalue weighted by Gasteiger charge is 2.19. The van der Waals surface area contributed by atoms with Crippen LogP contribution >= 0.6 is 0 Å². The van der Waals surface area contributed by atoms with Gasteiger partial charge in [0.25, 0.3) is 0 Å². The molecule has 0 saturated heterocycles. The smallest absolute Gasteiger partial charge is 0.193 e. The Labute approximate surface area is 134 Å². The summed E-state index contributed by atoms with van der Waals surface area (Å²) in [7, 11) is 0. The number of rotatable bonds is 9. The number of anilines is 1. The van der Waals surface area contributed by atoms with E-state index in [1.807, 2.05) is 42.5 Å². The summed E-state index contributed by atoms with van der Waals surface area (Å²) in [5, 5.41) is 3.11. The summed E-state index contributed by atoms with van der Waals surface area (Å²) in [4.78, 5) is 6.81. The van der Waals surface area contributed by atoms with Gasteiger partial charge >= 0.3 is 0 Å². The fourth-order valence-corrected chi connectivity index (χ4v) is 2.33. The Hall–Kier alpha value is -2.07. The van der Waals surface area contributed by atoms with Gasteiger partial charge in [0.2, 0.25) is 0 Å². The van der Waals surface area contributed by atoms with E-state index >= 15 is 0 Å². The van der Waals surface area contributed by atoms with Crippen LogP contribution in [0.1, 0.15) is 13.8 Å². The third-order valence-corrected chi connectivity index (χ3v) is 3.46. The highest BCUT2D eigenvalue weighted by Crippen LogP contribution is 2.12. The van der Waals surface area contributed by atoms with Gasteiger partial charge in [-0.1, -0.05) is 44.2 Å². The predicted octanol–water partition coefficient (Wildman–Crippen LogP) is 3.11. The zero-order valence-electron chi connectivity index (χ0n) is 13.7. The molecule has 0 radical (unpaired) electrons. The van der Waals surface area contributed by atoms with Gasteiger partial charge in [-0.25, -0.2) is 0 Å². The van der Waals surface area contributed by atoms with E-state index in [4.69, 9.17) is 5.73 Å². The van der Waals surface area contributed by atoms with Crippen LogP contribution in [0.3, 0.4) is 0 Å². The van der Waals surface area contributed by atoms with Crippen LogP contribution in [0, 0.1) is 5.92 Å². The highest BCUT2D eigenvalue weighted by atomic mass is 15.2. The molecular formula is C18H28N4. The van der Waals surface area contributed by atoms with Gasteiger partial charge in [-0.2, -0.15) is 0 Å². The molecule has 0 amide bonds. The number of hydrogen-bond acceptors (Lipinski definition) is 2. The van der Waals surface area contributed by atoms with E-state index < -0.39 is 0 Å². The topological polar surface area (TPSA) is 53.6 Å². The lowest BCUT2D eigenvalue weighted by Gasteiger charge is -2.31. The summed E-state index contributed by atoms with van der Waals surface area (Å²) < 4.78 is 0. The van der Waals surface area contributed by atoms with Gasteiger partial charge in [0.05, 0.1) is 6.54 Å². The van der Waals surface area contributed by atoms with Gasteiger partial charge in [-0.05, 0) is 18.1 Å². The van der Waals surface area contributed by atoms with Crippen molar-refractivity contribution in [1.29, 1.82) is 0 Å². The molecule has 0 aromatic heterocycles. The van der Waals surface area contributed by atoms with Crippen molar-refractivity contribution in [2.75, 3.05) is 25.0 Å². The first-order valence-corrected chi connectivity index (χ1v) is 7.66. The lowest BCUT2D eigenvalue weighted by molar-refractivity contribution is 0.196. The summed E-state index contributed by atoms with van der Waals surface area (Å²) in [5.74, 6) is 0.905. The van der Waals surface area contributed by atoms with Crippen molar-refractivity contribution in [3.05, 3.63) is 55.6 Å². The molecule has 120 valence electrons. The van der Waals surface area contributed by atoms with E-state index in [0.29, 0.717) is 24.5 Å². The molecule has 1 atom stereocenters. The fraction of sp³-hybridized carbons (Fsp3) is 0.389. The minimum atomic E-state index is 0.298. The Morgan fingerprint density at radius 2 is 1.82 bits per heavy atom. The van der Waals surface area contributed by atoms with Crippen molar-refractivity contribution in [1.82, 2.24) is 4.90 Å². The monoisotopic (exact) mass is 300 g/mol. The molecule has 1 rings (SSSR count). The molecule has 3 N–H and O–H groups in total. The van der Waals surface area contributed by atoms with Crippen LogP contribution in [-0.2, 0) is 0 Å². The van der Waals surface area contributed by atoms with E-state index in [9.17, 15) is 0 Å². The van der Waals surface area contributed by atoms with Crippen LogP contribution < -0.4 is 11.1 Å². The third kappa shape index (κ3) is 6.14. The number of nitrogens with one attached hydrogen (secondary N) is 1. The first-order chi connectivity index (χ1) is 10.6. The molecule has 0 fully saturated rings. The van der Waals surface area contributed by atoms with E-state index in [1.54, 1.807) is 0 Å². The lowest BCUT2D eigenvalue weighted by atomic mass is 10.0. The van der Waals surface area contributed by atoms with Gasteiger partial charge in [0, 0.05) is 24.8 Å². The van der Waals surface area contributed by atoms with E-state index in [-0.39, 0.29) is 0 Å². The molecule has 4 nitrogen and oxygen atoms in total. The Balaban J connectivity index is 2.71. The van der Waals surface area contributed by atoms with Crippen LogP contribution in [0.5, 0.6) is 0 Å². The number of para-hydroxylation sites is 1. The molecule has 1 unspecified atom stereocenters. The summed E-state index contributed by atoms with van der Waals surface area (Å²) in [6.07, 6.45) is 3.82. The van der Waals surface area contributed by atoms with Gasteiger partial charge in [-0.3, -0.25) is 9.89 Å². The average molecular weight is 300 g/mol. The number of guanidine groups is 1. The molecule has 0 aliphatic carbocycles. The lowest BCUT2D eigenvalue weighted by Crippen LogP contribution is -2.42. The molecule has 0 spiro atoms. The van der Waals surface area contributed by atoms with Crippen molar-refractivity contribution in [2.45, 2.75) is 19.9 Å². The van der Waals surface area contributed by atoms with Gasteiger partial charge in [0.15, 0.2) is 5.96 Å². The molecule has 0 bridgehead atoms. The Morgan fingerprint density at radius 1 is 1.23 bits per heavy atom. The second-order valence-corrected chi connectivity index (χ2v) is 5.56. The standard InChI is InChI=1S/C18H28N4/c1-5-12-22(13-6-2)17(15(3)4)14-20-18(19)21-16-10-8-7-9-11-16/h5-11,15,17H,1-2,12-14H2,3-4H3,(H3,19,20,21). The number of aliphatic imine (C=N–C) groups is 1. The van der Waals surface area contributed by atoms with E-state index in [1.165, 1.54) is 0 Å². The molecule has 0 aliphatic rings. The Kier molecular flexibility index (Phi) is 8.00. The van der Waals surface area contributed by atoms with Crippen molar-refractivity contribution in [3.63, 3.8) is 0 Å². The molecule has 1 aromatic carbocycles. The van der Waals surface area contributed by atoms with Gasteiger partial charge in [-0.15, -0.1) is 13.2 Å². The largest absolute Gasteiger partial charge is 0.370 e. The van der Waals surface area contributed by atoms with Crippen LogP contribution in [0.2, 0.25) is 0 Å². The third-order valence-electron chi connectivity index (χ3n) is 3.46. The van der Waals surface area contributed by atoms with Crippen molar-refractivity contribution >= 4 is 11.6 Å². The minimum absolute atomic E-state index is 0.298. The molecule has 0 aliphatic heterocycles. The van der Waals surface area contributed by atoms with Crippen molar-refractivity contribution < 1.29 is 0 Å². The maximum atomic E-state index is 5.98. The molecule has 0 heterocycles.